The molecule has 0 radical (unpaired) electrons. The smallest absolute Gasteiger partial charge is 0.181 e. The predicted molar refractivity (Wildman–Crippen MR) is 127 cm³/mol. The van der Waals surface area contributed by atoms with Gasteiger partial charge in [0.15, 0.2) is 12.0 Å². The minimum atomic E-state index is 0.199. The molecule has 0 aliphatic rings. The van der Waals surface area contributed by atoms with E-state index in [1.807, 2.05) is 12.1 Å². The number of unbranched alkanes of at least 4 members (excludes halogenated alkanes) is 2. The first-order chi connectivity index (χ1) is 15.1. The normalized spacial score (nSPS) is 12.5. The molecule has 5 heteroatoms. The number of likely N-dealkylation sites (N-methyl/N-ethyl adjacent to an activating group) is 2. The lowest BCUT2D eigenvalue weighted by molar-refractivity contribution is 0.178. The number of nitriles is 1. The Balaban J connectivity index is 2.05. The van der Waals surface area contributed by atoms with Crippen molar-refractivity contribution in [2.75, 3.05) is 33.7 Å². The van der Waals surface area contributed by atoms with E-state index in [-0.39, 0.29) is 6.04 Å². The summed E-state index contributed by atoms with van der Waals surface area (Å²) in [6.45, 7) is 7.49. The van der Waals surface area contributed by atoms with Crippen molar-refractivity contribution in [3.63, 3.8) is 0 Å². The van der Waals surface area contributed by atoms with E-state index in [9.17, 15) is 5.26 Å². The molecule has 0 fully saturated rings. The van der Waals surface area contributed by atoms with Gasteiger partial charge in [-0.1, -0.05) is 38.8 Å². The second-order valence-electron chi connectivity index (χ2n) is 8.41. The third kappa shape index (κ3) is 5.72. The van der Waals surface area contributed by atoms with E-state index in [1.54, 1.807) is 0 Å². The summed E-state index contributed by atoms with van der Waals surface area (Å²) in [7, 11) is 4.41. The SMILES string of the molecule is CCCCN(C)CC(c1cc(C#N)ccc1-c1ccc2ocnc2c1)N(C)CCCC. The van der Waals surface area contributed by atoms with Gasteiger partial charge in [-0.05, 0) is 81.0 Å². The molecule has 1 atom stereocenters. The van der Waals surface area contributed by atoms with E-state index >= 15 is 0 Å². The molecule has 0 amide bonds. The highest BCUT2D eigenvalue weighted by Gasteiger charge is 2.23. The lowest BCUT2D eigenvalue weighted by Gasteiger charge is -2.33. The molecule has 1 heterocycles. The standard InChI is InChI=1S/C26H34N4O/c1-5-7-13-29(3)18-25(30(4)14-8-6-2)23-15-20(17-27)9-11-22(23)21-10-12-26-24(16-21)28-19-31-26/h9-12,15-16,19,25H,5-8,13-14,18H2,1-4H3. The molecule has 0 bridgehead atoms. The van der Waals surface area contributed by atoms with Gasteiger partial charge < -0.3 is 9.32 Å². The quantitative estimate of drug-likeness (QED) is 0.390. The first-order valence-electron chi connectivity index (χ1n) is 11.3. The van der Waals surface area contributed by atoms with Gasteiger partial charge in [-0.3, -0.25) is 4.90 Å². The van der Waals surface area contributed by atoms with E-state index in [4.69, 9.17) is 4.42 Å². The van der Waals surface area contributed by atoms with E-state index in [0.717, 1.165) is 54.7 Å². The average Bonchev–Trinajstić information content (AvgIpc) is 3.27. The molecule has 3 rings (SSSR count). The summed E-state index contributed by atoms with van der Waals surface area (Å²) in [4.78, 5) is 9.20. The lowest BCUT2D eigenvalue weighted by Crippen LogP contribution is -2.36. The Labute approximate surface area is 186 Å². The largest absolute Gasteiger partial charge is 0.443 e. The van der Waals surface area contributed by atoms with E-state index in [2.05, 4.69) is 73.1 Å². The monoisotopic (exact) mass is 418 g/mol. The van der Waals surface area contributed by atoms with Gasteiger partial charge in [0, 0.05) is 12.6 Å². The molecule has 0 aliphatic carbocycles. The topological polar surface area (TPSA) is 56.3 Å². The van der Waals surface area contributed by atoms with Crippen LogP contribution < -0.4 is 0 Å². The summed E-state index contributed by atoms with van der Waals surface area (Å²) >= 11 is 0. The molecule has 31 heavy (non-hydrogen) atoms. The molecule has 0 aliphatic heterocycles. The molecule has 5 nitrogen and oxygen atoms in total. The maximum Gasteiger partial charge on any atom is 0.181 e. The zero-order valence-electron chi connectivity index (χ0n) is 19.3. The highest BCUT2D eigenvalue weighted by atomic mass is 16.3. The average molecular weight is 419 g/mol. The van der Waals surface area contributed by atoms with Gasteiger partial charge in [0.05, 0.1) is 11.6 Å². The number of rotatable bonds is 11. The Morgan fingerprint density at radius 1 is 1.03 bits per heavy atom. The lowest BCUT2D eigenvalue weighted by atomic mass is 9.91. The summed E-state index contributed by atoms with van der Waals surface area (Å²) in [5.41, 5.74) is 5.79. The van der Waals surface area contributed by atoms with Gasteiger partial charge in [-0.2, -0.15) is 5.26 Å². The van der Waals surface area contributed by atoms with Crippen molar-refractivity contribution in [3.05, 3.63) is 53.9 Å². The number of nitrogens with zero attached hydrogens (tertiary/aromatic N) is 4. The Morgan fingerprint density at radius 2 is 1.81 bits per heavy atom. The summed E-state index contributed by atoms with van der Waals surface area (Å²) in [6, 6.07) is 14.7. The van der Waals surface area contributed by atoms with Crippen molar-refractivity contribution in [3.8, 4) is 17.2 Å². The summed E-state index contributed by atoms with van der Waals surface area (Å²) < 4.78 is 5.43. The number of oxazole rings is 1. The van der Waals surface area contributed by atoms with Crippen LogP contribution in [0.25, 0.3) is 22.2 Å². The zero-order valence-corrected chi connectivity index (χ0v) is 19.3. The van der Waals surface area contributed by atoms with Crippen LogP contribution in [0.2, 0.25) is 0 Å². The van der Waals surface area contributed by atoms with Crippen LogP contribution in [0.4, 0.5) is 0 Å². The Morgan fingerprint density at radius 3 is 2.55 bits per heavy atom. The van der Waals surface area contributed by atoms with E-state index < -0.39 is 0 Å². The molecule has 1 aromatic heterocycles. The number of aromatic nitrogens is 1. The van der Waals surface area contributed by atoms with Gasteiger partial charge in [0.1, 0.15) is 5.52 Å². The van der Waals surface area contributed by atoms with Crippen molar-refractivity contribution < 1.29 is 4.42 Å². The predicted octanol–water partition coefficient (Wildman–Crippen LogP) is 5.87. The minimum absolute atomic E-state index is 0.199. The Bertz CT molecular complexity index is 1020. The van der Waals surface area contributed by atoms with Crippen molar-refractivity contribution in [2.45, 2.75) is 45.6 Å². The van der Waals surface area contributed by atoms with Crippen LogP contribution in [-0.4, -0.2) is 48.5 Å². The number of benzene rings is 2. The van der Waals surface area contributed by atoms with Crippen LogP contribution in [-0.2, 0) is 0 Å². The number of fused-ring (bicyclic) bond motifs is 1. The van der Waals surface area contributed by atoms with Crippen molar-refractivity contribution in [2.24, 2.45) is 0 Å². The second kappa shape index (κ2) is 11.1. The highest BCUT2D eigenvalue weighted by Crippen LogP contribution is 2.34. The first-order valence-corrected chi connectivity index (χ1v) is 11.3. The molecule has 1 unspecified atom stereocenters. The van der Waals surface area contributed by atoms with Crippen molar-refractivity contribution in [1.82, 2.24) is 14.8 Å². The molecular formula is C26H34N4O. The zero-order chi connectivity index (χ0) is 22.2. The Kier molecular flexibility index (Phi) is 8.22. The third-order valence-corrected chi connectivity index (χ3v) is 5.96. The van der Waals surface area contributed by atoms with Gasteiger partial charge in [-0.15, -0.1) is 0 Å². The number of hydrogen-bond donors (Lipinski definition) is 0. The van der Waals surface area contributed by atoms with Gasteiger partial charge in [0.2, 0.25) is 0 Å². The number of hydrogen-bond acceptors (Lipinski definition) is 5. The second-order valence-corrected chi connectivity index (χ2v) is 8.41. The Hall–Kier alpha value is -2.68. The van der Waals surface area contributed by atoms with Gasteiger partial charge >= 0.3 is 0 Å². The molecule has 0 spiro atoms. The van der Waals surface area contributed by atoms with E-state index in [0.29, 0.717) is 5.56 Å². The first kappa shape index (κ1) is 23.0. The fourth-order valence-corrected chi connectivity index (χ4v) is 4.05. The molecule has 164 valence electrons. The van der Waals surface area contributed by atoms with Crippen molar-refractivity contribution >= 4 is 11.1 Å². The van der Waals surface area contributed by atoms with Crippen LogP contribution in [0.3, 0.4) is 0 Å². The summed E-state index contributed by atoms with van der Waals surface area (Å²) in [6.07, 6.45) is 6.18. The highest BCUT2D eigenvalue weighted by molar-refractivity contribution is 5.81. The molecule has 2 aromatic carbocycles. The van der Waals surface area contributed by atoms with E-state index in [1.165, 1.54) is 24.8 Å². The fourth-order valence-electron chi connectivity index (χ4n) is 4.05. The van der Waals surface area contributed by atoms with Crippen LogP contribution in [0.1, 0.15) is 56.7 Å². The maximum atomic E-state index is 9.60. The fraction of sp³-hybridized carbons (Fsp3) is 0.462. The molecular weight excluding hydrogens is 384 g/mol. The molecule has 0 N–H and O–H groups in total. The summed E-state index contributed by atoms with van der Waals surface area (Å²) in [5.74, 6) is 0. The van der Waals surface area contributed by atoms with Crippen molar-refractivity contribution in [1.29, 1.82) is 5.26 Å². The maximum absolute atomic E-state index is 9.60. The van der Waals surface area contributed by atoms with Crippen LogP contribution in [0.5, 0.6) is 0 Å². The minimum Gasteiger partial charge on any atom is -0.443 e. The van der Waals surface area contributed by atoms with Crippen LogP contribution in [0.15, 0.2) is 47.2 Å². The molecule has 0 saturated carbocycles. The molecule has 3 aromatic rings. The van der Waals surface area contributed by atoms with Crippen LogP contribution >= 0.6 is 0 Å². The van der Waals surface area contributed by atoms with Gasteiger partial charge in [0.25, 0.3) is 0 Å². The molecule has 0 saturated heterocycles. The van der Waals surface area contributed by atoms with Gasteiger partial charge in [-0.25, -0.2) is 4.98 Å². The summed E-state index contributed by atoms with van der Waals surface area (Å²) in [5, 5.41) is 9.60. The van der Waals surface area contributed by atoms with Crippen LogP contribution in [0, 0.1) is 11.3 Å². The third-order valence-electron chi connectivity index (χ3n) is 5.96.